The molecule has 2 aliphatic rings. The van der Waals surface area contributed by atoms with Crippen LogP contribution in [0.3, 0.4) is 0 Å². The Morgan fingerprint density at radius 1 is 1.63 bits per heavy atom. The molecule has 0 spiro atoms. The molecule has 106 valence electrons. The lowest BCUT2D eigenvalue weighted by atomic mass is 9.97. The standard InChI is InChI=1S/C9H13N3O6S/c1-2-5-3-6-4-11(7(5)8(10)13)9(14)12(6)18-19(15,16)17/h3,6-7H,2,4H2,1H3,(H2,10,13)(H,15,16,17)/t6?,7-/m0/s1. The Balaban J connectivity index is 2.36. The molecule has 0 aromatic heterocycles. The van der Waals surface area contributed by atoms with Crippen molar-refractivity contribution in [3.8, 4) is 0 Å². The van der Waals surface area contributed by atoms with Gasteiger partial charge in [-0.2, -0.15) is 13.5 Å². The summed E-state index contributed by atoms with van der Waals surface area (Å²) in [4.78, 5) is 24.5. The Morgan fingerprint density at radius 2 is 2.26 bits per heavy atom. The third-order valence-corrected chi connectivity index (χ3v) is 3.39. The Bertz CT molecular complexity index is 556. The molecule has 3 amide bonds. The lowest BCUT2D eigenvalue weighted by Gasteiger charge is -2.28. The Hall–Kier alpha value is -1.65. The maximum atomic E-state index is 12.0. The van der Waals surface area contributed by atoms with Gasteiger partial charge in [0.25, 0.3) is 0 Å². The maximum absolute atomic E-state index is 12.0. The van der Waals surface area contributed by atoms with Gasteiger partial charge in [0.1, 0.15) is 6.04 Å². The summed E-state index contributed by atoms with van der Waals surface area (Å²) in [7, 11) is -4.81. The van der Waals surface area contributed by atoms with Gasteiger partial charge in [0.05, 0.1) is 12.6 Å². The molecular formula is C9H13N3O6S. The number of fused-ring (bicyclic) bond motifs is 2. The van der Waals surface area contributed by atoms with Gasteiger partial charge in [-0.25, -0.2) is 4.79 Å². The van der Waals surface area contributed by atoms with Gasteiger partial charge in [-0.15, -0.1) is 4.28 Å². The van der Waals surface area contributed by atoms with Gasteiger partial charge in [-0.05, 0) is 12.0 Å². The average Bonchev–Trinajstić information content (AvgIpc) is 2.52. The highest BCUT2D eigenvalue weighted by Crippen LogP contribution is 2.31. The predicted molar refractivity (Wildman–Crippen MR) is 61.7 cm³/mol. The molecule has 10 heteroatoms. The second-order valence-corrected chi connectivity index (χ2v) is 5.23. The van der Waals surface area contributed by atoms with Gasteiger partial charge < -0.3 is 10.6 Å². The van der Waals surface area contributed by atoms with Gasteiger partial charge >= 0.3 is 16.4 Å². The third kappa shape index (κ3) is 2.41. The number of carbonyl (C=O) groups excluding carboxylic acids is 2. The van der Waals surface area contributed by atoms with Crippen molar-refractivity contribution in [2.75, 3.05) is 6.54 Å². The summed E-state index contributed by atoms with van der Waals surface area (Å²) < 4.78 is 34.3. The summed E-state index contributed by atoms with van der Waals surface area (Å²) >= 11 is 0. The maximum Gasteiger partial charge on any atom is 0.418 e. The number of hydroxylamine groups is 2. The largest absolute Gasteiger partial charge is 0.418 e. The first-order chi connectivity index (χ1) is 8.74. The number of hydrogen-bond donors (Lipinski definition) is 2. The topological polar surface area (TPSA) is 130 Å². The smallest absolute Gasteiger partial charge is 0.368 e. The number of urea groups is 1. The fraction of sp³-hybridized carbons (Fsp3) is 0.556. The number of rotatable bonds is 4. The Kier molecular flexibility index (Phi) is 3.24. The minimum absolute atomic E-state index is 0.0749. The molecule has 1 unspecified atom stereocenters. The van der Waals surface area contributed by atoms with E-state index in [1.165, 1.54) is 0 Å². The van der Waals surface area contributed by atoms with Crippen LogP contribution in [0, 0.1) is 0 Å². The van der Waals surface area contributed by atoms with Gasteiger partial charge in [0, 0.05) is 0 Å². The highest BCUT2D eigenvalue weighted by molar-refractivity contribution is 7.80. The van der Waals surface area contributed by atoms with E-state index in [9.17, 15) is 18.0 Å². The summed E-state index contributed by atoms with van der Waals surface area (Å²) in [6.07, 6.45) is 2.04. The van der Waals surface area contributed by atoms with E-state index in [4.69, 9.17) is 10.3 Å². The zero-order valence-electron chi connectivity index (χ0n) is 10.0. The summed E-state index contributed by atoms with van der Waals surface area (Å²) in [6.45, 7) is 1.86. The molecule has 3 N–H and O–H groups in total. The number of carbonyl (C=O) groups is 2. The van der Waals surface area contributed by atoms with Crippen LogP contribution in [0.4, 0.5) is 4.79 Å². The van der Waals surface area contributed by atoms with Crippen LogP contribution in [0.1, 0.15) is 13.3 Å². The van der Waals surface area contributed by atoms with Crippen LogP contribution in [0.2, 0.25) is 0 Å². The molecule has 2 bridgehead atoms. The molecule has 1 fully saturated rings. The SMILES string of the molecule is CCC1=CC2CN(C(=O)N2OS(=O)(=O)O)[C@@H]1C(N)=O. The molecule has 2 aliphatic heterocycles. The molecule has 0 aromatic carbocycles. The first-order valence-corrected chi connectivity index (χ1v) is 6.88. The number of amides is 3. The zero-order valence-corrected chi connectivity index (χ0v) is 10.8. The number of nitrogens with zero attached hydrogens (tertiary/aromatic N) is 2. The van der Waals surface area contributed by atoms with Gasteiger partial charge in [-0.1, -0.05) is 13.0 Å². The van der Waals surface area contributed by atoms with Gasteiger partial charge in [0.15, 0.2) is 0 Å². The number of nitrogens with two attached hydrogens (primary N) is 1. The van der Waals surface area contributed by atoms with E-state index in [0.29, 0.717) is 17.1 Å². The first kappa shape index (κ1) is 13.8. The molecular weight excluding hydrogens is 278 g/mol. The summed E-state index contributed by atoms with van der Waals surface area (Å²) in [5.41, 5.74) is 5.86. The Labute approximate surface area is 109 Å². The highest BCUT2D eigenvalue weighted by atomic mass is 32.3. The van der Waals surface area contributed by atoms with E-state index in [1.54, 1.807) is 13.0 Å². The molecule has 2 atom stereocenters. The molecule has 1 saturated heterocycles. The molecule has 0 aliphatic carbocycles. The normalized spacial score (nSPS) is 26.6. The lowest BCUT2D eigenvalue weighted by molar-refractivity contribution is -0.121. The molecule has 2 rings (SSSR count). The van der Waals surface area contributed by atoms with Crippen LogP contribution in [0.5, 0.6) is 0 Å². The van der Waals surface area contributed by atoms with Crippen molar-refractivity contribution in [3.05, 3.63) is 11.6 Å². The number of primary amides is 1. The summed E-state index contributed by atoms with van der Waals surface area (Å²) in [5, 5.41) is 0.522. The van der Waals surface area contributed by atoms with Gasteiger partial charge in [0.2, 0.25) is 5.91 Å². The van der Waals surface area contributed by atoms with Crippen molar-refractivity contribution in [1.29, 1.82) is 0 Å². The van der Waals surface area contributed by atoms with Crippen molar-refractivity contribution in [1.82, 2.24) is 9.96 Å². The van der Waals surface area contributed by atoms with Crippen LogP contribution in [-0.4, -0.2) is 53.5 Å². The zero-order chi connectivity index (χ0) is 14.4. The van der Waals surface area contributed by atoms with E-state index in [0.717, 1.165) is 4.90 Å². The predicted octanol–water partition coefficient (Wildman–Crippen LogP) is -0.969. The second kappa shape index (κ2) is 4.47. The van der Waals surface area contributed by atoms with E-state index < -0.39 is 34.4 Å². The third-order valence-electron chi connectivity index (χ3n) is 3.04. The minimum Gasteiger partial charge on any atom is -0.368 e. The average molecular weight is 291 g/mol. The van der Waals surface area contributed by atoms with Crippen molar-refractivity contribution < 1.29 is 26.8 Å². The summed E-state index contributed by atoms with van der Waals surface area (Å²) in [5.74, 6) is -0.700. The molecule has 0 radical (unpaired) electrons. The molecule has 19 heavy (non-hydrogen) atoms. The fourth-order valence-electron chi connectivity index (χ4n) is 2.33. The Morgan fingerprint density at radius 3 is 2.74 bits per heavy atom. The van der Waals surface area contributed by atoms with E-state index >= 15 is 0 Å². The molecule has 0 aromatic rings. The quantitative estimate of drug-likeness (QED) is 0.506. The summed E-state index contributed by atoms with van der Waals surface area (Å²) in [6, 6.07) is -2.42. The van der Waals surface area contributed by atoms with Crippen molar-refractivity contribution >= 4 is 22.3 Å². The lowest BCUT2D eigenvalue weighted by Crippen LogP contribution is -2.48. The van der Waals surface area contributed by atoms with Crippen molar-refractivity contribution in [2.45, 2.75) is 25.4 Å². The van der Waals surface area contributed by atoms with Crippen molar-refractivity contribution in [2.24, 2.45) is 5.73 Å². The van der Waals surface area contributed by atoms with E-state index in [1.807, 2.05) is 0 Å². The van der Waals surface area contributed by atoms with E-state index in [-0.39, 0.29) is 6.54 Å². The highest BCUT2D eigenvalue weighted by Gasteiger charge is 2.48. The monoisotopic (exact) mass is 291 g/mol. The van der Waals surface area contributed by atoms with Crippen LogP contribution < -0.4 is 5.73 Å². The van der Waals surface area contributed by atoms with Crippen LogP contribution in [0.15, 0.2) is 11.6 Å². The second-order valence-electron chi connectivity index (χ2n) is 4.23. The molecule has 2 heterocycles. The minimum atomic E-state index is -4.81. The fourth-order valence-corrected chi connectivity index (χ4v) is 2.71. The van der Waals surface area contributed by atoms with Crippen LogP contribution in [0.25, 0.3) is 0 Å². The van der Waals surface area contributed by atoms with Crippen LogP contribution >= 0.6 is 0 Å². The molecule has 0 saturated carbocycles. The van der Waals surface area contributed by atoms with Crippen LogP contribution in [-0.2, 0) is 19.5 Å². The van der Waals surface area contributed by atoms with Crippen molar-refractivity contribution in [3.63, 3.8) is 0 Å². The first-order valence-electron chi connectivity index (χ1n) is 5.51. The van der Waals surface area contributed by atoms with Gasteiger partial charge in [-0.3, -0.25) is 9.35 Å². The number of hydrogen-bond acceptors (Lipinski definition) is 5. The molecule has 9 nitrogen and oxygen atoms in total. The van der Waals surface area contributed by atoms with E-state index in [2.05, 4.69) is 4.28 Å².